The highest BCUT2D eigenvalue weighted by atomic mass is 79.9. The molecular formula is C78H100BrCl6N17O15. The number of aliphatic hydroxyl groups excluding tert-OH is 1. The third-order valence-corrected chi connectivity index (χ3v) is 24.5. The van der Waals surface area contributed by atoms with E-state index in [2.05, 4.69) is 41.5 Å². The third kappa shape index (κ3) is 22.6. The van der Waals surface area contributed by atoms with Crippen LogP contribution in [0.4, 0.5) is 11.9 Å². The van der Waals surface area contributed by atoms with Crippen LogP contribution in [-0.4, -0.2) is 147 Å². The van der Waals surface area contributed by atoms with Crippen molar-refractivity contribution in [2.75, 3.05) is 37.1 Å². The average molecular weight is 1810 g/mol. The molecule has 0 aliphatic heterocycles. The molecular weight excluding hydrogens is 1710 g/mol. The number of halogens is 7. The Morgan fingerprint density at radius 3 is 1.06 bits per heavy atom. The van der Waals surface area contributed by atoms with Crippen LogP contribution in [0, 0.1) is 29.6 Å². The number of fused-ring (bicyclic) bond motifs is 3. The summed E-state index contributed by atoms with van der Waals surface area (Å²) in [5.74, 6) is 0.111. The number of nitrogens with one attached hydrogen (secondary N) is 2. The van der Waals surface area contributed by atoms with Crippen LogP contribution in [0.1, 0.15) is 134 Å². The minimum Gasteiger partial charge on any atom is -0.481 e. The molecule has 6 aromatic heterocycles. The van der Waals surface area contributed by atoms with Crippen molar-refractivity contribution < 1.29 is 43.6 Å². The lowest BCUT2D eigenvalue weighted by Gasteiger charge is -2.13. The van der Waals surface area contributed by atoms with Crippen LogP contribution in [-0.2, 0) is 95.3 Å². The Morgan fingerprint density at radius 2 is 0.752 bits per heavy atom. The first-order valence-electron chi connectivity index (χ1n) is 38.6. The summed E-state index contributed by atoms with van der Waals surface area (Å²) in [5.41, 5.74) is 18.2. The predicted molar refractivity (Wildman–Crippen MR) is 455 cm³/mol. The quantitative estimate of drug-likeness (QED) is 0.0239. The fourth-order valence-corrected chi connectivity index (χ4v) is 16.3. The number of rotatable bonds is 18. The molecule has 5 aliphatic rings. The highest BCUT2D eigenvalue weighted by Crippen LogP contribution is 2.33. The maximum Gasteiger partial charge on any atom is 0.332 e. The topological polar surface area (TPSA) is 424 Å². The Kier molecular flexibility index (Phi) is 32.9. The second-order valence-electron chi connectivity index (χ2n) is 29.8. The maximum absolute atomic E-state index is 13.3. The van der Waals surface area contributed by atoms with Gasteiger partial charge in [0, 0.05) is 79.1 Å². The lowest BCUT2D eigenvalue weighted by Crippen LogP contribution is -2.39. The van der Waals surface area contributed by atoms with Crippen molar-refractivity contribution in [1.29, 1.82) is 0 Å². The molecule has 5 aliphatic carbocycles. The van der Waals surface area contributed by atoms with Gasteiger partial charge in [-0.15, -0.1) is 0 Å². The van der Waals surface area contributed by atoms with Crippen LogP contribution in [0.15, 0.2) is 88.1 Å². The number of hydrogen-bond donors (Lipinski definition) is 7. The first-order chi connectivity index (χ1) is 55.5. The van der Waals surface area contributed by atoms with Crippen LogP contribution in [0.25, 0.3) is 33.5 Å². The molecule has 32 nitrogen and oxygen atoms in total. The van der Waals surface area contributed by atoms with E-state index < -0.39 is 39.7 Å². The number of ether oxygens (including phenoxy) is 3. The average Bonchev–Trinajstić information content (AvgIpc) is 1.63. The lowest BCUT2D eigenvalue weighted by atomic mass is 10.1. The minimum absolute atomic E-state index is 0.0189. The van der Waals surface area contributed by atoms with Crippen molar-refractivity contribution in [1.82, 2.24) is 56.1 Å². The molecule has 39 heteroatoms. The van der Waals surface area contributed by atoms with E-state index in [1.165, 1.54) is 18.3 Å². The number of carboxylic acids is 1. The number of hydrogen-bond acceptors (Lipinski definition) is 22. The number of esters is 3. The standard InChI is InChI=1S/C22H25Cl2N5O4.C20H23Cl2N5O3.C14H11BrCl2N4O2.2C8H15NO2.C6H11NO2/c1-4-33-20(31)13-6-7-14(10-13)25-21-26-18-17(27(21)2)19(30)29(22(32)28(18)3)11-12-5-8-15(23)16(24)9-12;1-25-16-17(24-19(25)23-13-5-3-12(7-13)10-28)26(2)20(30)27(18(16)29)9-11-4-6-14(21)15(22)8-11;1-19-10-11(18-13(19)15)20(2)14(23)21(12(10)22)6-7-3-4-8(16)9(17)5-7;2*1-2-11-8(10)6-3-4-7(9)5-6;7-5-2-1-4(3-5)6(8)9/h5,8-9,13-14H,4,6-7,10-11H2,1-3H3,(H,25,26);4,6,8,12-13,28H,3,5,7,9-10H2,1-2H3,(H,23,24);3-5H,6H2,1-2H3;2*6-7H,2-5,9H2,1H3;4-5H,1-3,7H2,(H,8,9)/t13-,14+;12-,13+;;2*6-,7+;4-,5+/m00.000/s1. The van der Waals surface area contributed by atoms with Gasteiger partial charge in [0.1, 0.15) is 0 Å². The molecule has 0 saturated heterocycles. The number of imidazole rings is 3. The predicted octanol–water partition coefficient (Wildman–Crippen LogP) is 9.40. The number of anilines is 2. The Bertz CT molecular complexity index is 5470. The molecule has 6 heterocycles. The van der Waals surface area contributed by atoms with Gasteiger partial charge >= 0.3 is 40.9 Å². The van der Waals surface area contributed by atoms with Gasteiger partial charge in [-0.3, -0.25) is 61.0 Å². The number of aliphatic carboxylic acids is 1. The second kappa shape index (κ2) is 41.6. The molecule has 5 fully saturated rings. The number of aromatic nitrogens is 12. The van der Waals surface area contributed by atoms with Gasteiger partial charge < -0.3 is 66.0 Å². The van der Waals surface area contributed by atoms with Gasteiger partial charge in [-0.05, 0) is 192 Å². The van der Waals surface area contributed by atoms with Crippen LogP contribution >= 0.6 is 85.5 Å². The van der Waals surface area contributed by atoms with E-state index in [0.29, 0.717) is 130 Å². The van der Waals surface area contributed by atoms with Gasteiger partial charge in [0.05, 0.1) is 93.3 Å². The molecule has 9 aromatic rings. The van der Waals surface area contributed by atoms with Gasteiger partial charge in [0.15, 0.2) is 38.2 Å². The SMILES string of the molecule is CCOC(=O)[C@H]1CC[C@@H](N)C1.CCOC(=O)[C@H]1CC[C@@H](N)C1.CCOC(=O)[C@H]1CC[C@@H](Nc2nc3c(c(=O)n(Cc4ccc(Cl)c(Cl)c4)c(=O)n3C)n2C)C1.Cn1c(Br)nc2c1c(=O)n(Cc1ccc(Cl)c(Cl)c1)c(=O)n2C.Cn1c(N[C@@H]2CC[C@H](CO)C2)nc2c1c(=O)n(Cc1ccc(Cl)c(Cl)c1)c(=O)n2C.N[C@@H]1CC[C@H](C(=O)O)C1. The first-order valence-corrected chi connectivity index (χ1v) is 41.6. The van der Waals surface area contributed by atoms with Crippen LogP contribution in [0.3, 0.4) is 0 Å². The summed E-state index contributed by atoms with van der Waals surface area (Å²) in [7, 11) is 9.95. The van der Waals surface area contributed by atoms with Crippen LogP contribution in [0.2, 0.25) is 30.1 Å². The molecule has 0 radical (unpaired) electrons. The zero-order valence-electron chi connectivity index (χ0n) is 66.5. The van der Waals surface area contributed by atoms with Crippen LogP contribution < -0.4 is 61.6 Å². The lowest BCUT2D eigenvalue weighted by molar-refractivity contribution is -0.148. The molecule has 117 heavy (non-hydrogen) atoms. The molecule has 5 saturated carbocycles. The number of aliphatic hydroxyl groups is 1. The van der Waals surface area contributed by atoms with Crippen molar-refractivity contribution in [3.8, 4) is 0 Å². The van der Waals surface area contributed by atoms with Gasteiger partial charge in [-0.2, -0.15) is 9.97 Å². The molecule has 10 atom stereocenters. The molecule has 14 rings (SSSR count). The zero-order valence-corrected chi connectivity index (χ0v) is 72.6. The Morgan fingerprint density at radius 1 is 0.436 bits per heavy atom. The van der Waals surface area contributed by atoms with Crippen molar-refractivity contribution in [2.24, 2.45) is 89.1 Å². The van der Waals surface area contributed by atoms with E-state index in [9.17, 15) is 53.1 Å². The summed E-state index contributed by atoms with van der Waals surface area (Å²) in [6, 6.07) is 15.8. The number of carboxylic acid groups (broad SMARTS) is 1. The Labute approximate surface area is 711 Å². The van der Waals surface area contributed by atoms with E-state index in [1.54, 1.807) is 118 Å². The molecule has 10 N–H and O–H groups in total. The summed E-state index contributed by atoms with van der Waals surface area (Å²) in [5, 5.41) is 26.8. The second-order valence-corrected chi connectivity index (χ2v) is 33.0. The fourth-order valence-electron chi connectivity index (χ4n) is 15.0. The summed E-state index contributed by atoms with van der Waals surface area (Å²) in [6.07, 6.45) is 12.5. The van der Waals surface area contributed by atoms with Gasteiger partial charge in [-0.25, -0.2) is 19.4 Å². The maximum atomic E-state index is 13.3. The fraction of sp³-hybridized carbons (Fsp3) is 0.526. The van der Waals surface area contributed by atoms with E-state index >= 15 is 0 Å². The number of carbonyl (C=O) groups is 4. The summed E-state index contributed by atoms with van der Waals surface area (Å²) < 4.78 is 27.9. The normalized spacial score (nSPS) is 20.6. The van der Waals surface area contributed by atoms with E-state index in [4.69, 9.17) is 106 Å². The monoisotopic (exact) mass is 1800 g/mol. The number of benzene rings is 3. The zero-order chi connectivity index (χ0) is 85.7. The van der Waals surface area contributed by atoms with E-state index in [1.807, 2.05) is 13.8 Å². The third-order valence-electron chi connectivity index (χ3n) is 21.5. The molecule has 3 aromatic carbocycles. The summed E-state index contributed by atoms with van der Waals surface area (Å²) in [4.78, 5) is 135. The van der Waals surface area contributed by atoms with Gasteiger partial charge in [0.2, 0.25) is 11.9 Å². The van der Waals surface area contributed by atoms with Gasteiger partial charge in [0.25, 0.3) is 16.7 Å². The summed E-state index contributed by atoms with van der Waals surface area (Å²) >= 11 is 39.2. The highest BCUT2D eigenvalue weighted by Gasteiger charge is 2.34. The minimum atomic E-state index is -0.692. The highest BCUT2D eigenvalue weighted by molar-refractivity contribution is 9.10. The summed E-state index contributed by atoms with van der Waals surface area (Å²) in [6.45, 7) is 7.16. The molecule has 0 amide bonds. The largest absolute Gasteiger partial charge is 0.481 e. The number of carbonyl (C=O) groups excluding carboxylic acids is 3. The van der Waals surface area contributed by atoms with Crippen molar-refractivity contribution in [3.05, 3.63) is 169 Å². The Balaban J connectivity index is 0.000000171. The molecule has 636 valence electrons. The number of nitrogens with zero attached hydrogens (tertiary/aromatic N) is 12. The van der Waals surface area contributed by atoms with Crippen molar-refractivity contribution in [3.63, 3.8) is 0 Å². The number of nitrogens with two attached hydrogens (primary N) is 3. The molecule has 0 spiro atoms. The van der Waals surface area contributed by atoms with Crippen LogP contribution in [0.5, 0.6) is 0 Å². The molecule has 0 bridgehead atoms. The van der Waals surface area contributed by atoms with E-state index in [-0.39, 0.29) is 104 Å². The van der Waals surface area contributed by atoms with Crippen molar-refractivity contribution in [2.45, 2.75) is 167 Å². The molecule has 0 unspecified atom stereocenters. The smallest absolute Gasteiger partial charge is 0.332 e. The Hall–Kier alpha value is -8.35. The first kappa shape index (κ1) is 92.5. The van der Waals surface area contributed by atoms with E-state index in [0.717, 1.165) is 92.6 Å². The van der Waals surface area contributed by atoms with Crippen molar-refractivity contribution >= 4 is 155 Å². The van der Waals surface area contributed by atoms with Gasteiger partial charge in [-0.1, -0.05) is 87.8 Å². The number of aryl methyl sites for hydroxylation is 6.